The van der Waals surface area contributed by atoms with Crippen LogP contribution < -0.4 is 9.47 Å². The molecule has 0 bridgehead atoms. The SMILES string of the molecule is CCc1cc(OCC=C(Cl)Cl)cc(C(C)C)c1OCCCCCON=C(C)C. The summed E-state index contributed by atoms with van der Waals surface area (Å²) in [5.41, 5.74) is 3.25. The molecule has 158 valence electrons. The summed E-state index contributed by atoms with van der Waals surface area (Å²) in [6, 6.07) is 4.09. The first kappa shape index (κ1) is 24.6. The Bertz CT molecular complexity index is 649. The number of oxime groups is 1. The summed E-state index contributed by atoms with van der Waals surface area (Å²) in [5.74, 6) is 2.13. The molecule has 1 aromatic rings. The molecule has 0 unspecified atom stereocenters. The number of unbranched alkanes of at least 4 members (excludes halogenated alkanes) is 2. The lowest BCUT2D eigenvalue weighted by atomic mass is 9.97. The number of nitrogens with zero attached hydrogens (tertiary/aromatic N) is 1. The standard InChI is InChI=1S/C22H33Cl2NO3/c1-6-18-14-19(26-13-10-21(23)24)15-20(16(2)3)22(18)27-11-8-7-9-12-28-25-17(4)5/h10,14-16H,6-9,11-13H2,1-5H3. The highest BCUT2D eigenvalue weighted by molar-refractivity contribution is 6.55. The van der Waals surface area contributed by atoms with Gasteiger partial charge in [-0.3, -0.25) is 0 Å². The summed E-state index contributed by atoms with van der Waals surface area (Å²) in [6.45, 7) is 12.0. The summed E-state index contributed by atoms with van der Waals surface area (Å²) >= 11 is 11.3. The highest BCUT2D eigenvalue weighted by Gasteiger charge is 2.15. The van der Waals surface area contributed by atoms with E-state index < -0.39 is 0 Å². The van der Waals surface area contributed by atoms with E-state index in [-0.39, 0.29) is 4.49 Å². The molecule has 0 radical (unpaired) electrons. The lowest BCUT2D eigenvalue weighted by Gasteiger charge is -2.19. The maximum Gasteiger partial charge on any atom is 0.126 e. The predicted octanol–water partition coefficient (Wildman–Crippen LogP) is 7.03. The van der Waals surface area contributed by atoms with Gasteiger partial charge >= 0.3 is 0 Å². The van der Waals surface area contributed by atoms with Crippen LogP contribution in [-0.4, -0.2) is 25.5 Å². The third-order valence-corrected chi connectivity index (χ3v) is 4.34. The first-order valence-corrected chi connectivity index (χ1v) is 10.7. The molecular weight excluding hydrogens is 397 g/mol. The molecule has 0 aliphatic rings. The number of hydrogen-bond acceptors (Lipinski definition) is 4. The number of aryl methyl sites for hydroxylation is 1. The number of benzene rings is 1. The van der Waals surface area contributed by atoms with Gasteiger partial charge in [0.1, 0.15) is 29.2 Å². The fourth-order valence-corrected chi connectivity index (χ4v) is 2.76. The lowest BCUT2D eigenvalue weighted by molar-refractivity contribution is 0.138. The van der Waals surface area contributed by atoms with Gasteiger partial charge in [-0.2, -0.15) is 0 Å². The fraction of sp³-hybridized carbons (Fsp3) is 0.591. The van der Waals surface area contributed by atoms with Crippen LogP contribution >= 0.6 is 23.2 Å². The van der Waals surface area contributed by atoms with Crippen LogP contribution in [0.15, 0.2) is 27.9 Å². The monoisotopic (exact) mass is 429 g/mol. The van der Waals surface area contributed by atoms with Crippen molar-refractivity contribution in [2.75, 3.05) is 19.8 Å². The first-order valence-electron chi connectivity index (χ1n) is 9.91. The lowest BCUT2D eigenvalue weighted by Crippen LogP contribution is -2.06. The zero-order chi connectivity index (χ0) is 20.9. The van der Waals surface area contributed by atoms with Gasteiger partial charge in [0.05, 0.1) is 12.3 Å². The molecule has 0 heterocycles. The topological polar surface area (TPSA) is 40.0 Å². The van der Waals surface area contributed by atoms with Crippen LogP contribution in [0.2, 0.25) is 0 Å². The van der Waals surface area contributed by atoms with E-state index in [0.717, 1.165) is 54.0 Å². The van der Waals surface area contributed by atoms with Gasteiger partial charge in [0.2, 0.25) is 0 Å². The first-order chi connectivity index (χ1) is 13.3. The molecule has 0 spiro atoms. The zero-order valence-electron chi connectivity index (χ0n) is 17.7. The van der Waals surface area contributed by atoms with E-state index in [9.17, 15) is 0 Å². The molecule has 0 N–H and O–H groups in total. The zero-order valence-corrected chi connectivity index (χ0v) is 19.2. The van der Waals surface area contributed by atoms with Gasteiger partial charge in [-0.25, -0.2) is 0 Å². The van der Waals surface area contributed by atoms with Crippen molar-refractivity contribution < 1.29 is 14.3 Å². The highest BCUT2D eigenvalue weighted by Crippen LogP contribution is 2.35. The van der Waals surface area contributed by atoms with Crippen molar-refractivity contribution in [3.05, 3.63) is 33.8 Å². The van der Waals surface area contributed by atoms with Crippen molar-refractivity contribution in [1.82, 2.24) is 0 Å². The van der Waals surface area contributed by atoms with Gasteiger partial charge in [0, 0.05) is 5.56 Å². The van der Waals surface area contributed by atoms with Gasteiger partial charge in [0.25, 0.3) is 0 Å². The molecule has 0 fully saturated rings. The van der Waals surface area contributed by atoms with Crippen molar-refractivity contribution in [1.29, 1.82) is 0 Å². The smallest absolute Gasteiger partial charge is 0.126 e. The Balaban J connectivity index is 2.66. The molecule has 0 atom stereocenters. The molecule has 4 nitrogen and oxygen atoms in total. The molecule has 0 saturated carbocycles. The van der Waals surface area contributed by atoms with E-state index >= 15 is 0 Å². The van der Waals surface area contributed by atoms with Crippen molar-refractivity contribution in [2.45, 2.75) is 66.2 Å². The Labute approximate surface area is 179 Å². The van der Waals surface area contributed by atoms with E-state index in [1.165, 1.54) is 0 Å². The molecule has 28 heavy (non-hydrogen) atoms. The van der Waals surface area contributed by atoms with Crippen molar-refractivity contribution >= 4 is 28.9 Å². The maximum atomic E-state index is 6.18. The second-order valence-corrected chi connectivity index (χ2v) is 8.10. The summed E-state index contributed by atoms with van der Waals surface area (Å²) in [6.07, 6.45) is 5.51. The molecule has 1 aromatic carbocycles. The fourth-order valence-electron chi connectivity index (χ4n) is 2.63. The summed E-state index contributed by atoms with van der Waals surface area (Å²) in [5, 5.41) is 3.94. The highest BCUT2D eigenvalue weighted by atomic mass is 35.5. The van der Waals surface area contributed by atoms with Crippen LogP contribution in [0.3, 0.4) is 0 Å². The number of halogens is 2. The van der Waals surface area contributed by atoms with Gasteiger partial charge in [0.15, 0.2) is 0 Å². The van der Waals surface area contributed by atoms with Gasteiger partial charge < -0.3 is 14.3 Å². The van der Waals surface area contributed by atoms with Gasteiger partial charge in [-0.05, 0) is 69.2 Å². The van der Waals surface area contributed by atoms with Crippen LogP contribution in [-0.2, 0) is 11.3 Å². The van der Waals surface area contributed by atoms with Gasteiger partial charge in [-0.15, -0.1) is 0 Å². The molecular formula is C22H33Cl2NO3. The van der Waals surface area contributed by atoms with Crippen LogP contribution in [0.4, 0.5) is 0 Å². The number of rotatable bonds is 13. The van der Waals surface area contributed by atoms with E-state index in [0.29, 0.717) is 25.7 Å². The number of hydrogen-bond donors (Lipinski definition) is 0. The Morgan fingerprint density at radius 3 is 2.39 bits per heavy atom. The molecule has 6 heteroatoms. The van der Waals surface area contributed by atoms with E-state index in [2.05, 4.69) is 25.9 Å². The third-order valence-electron chi connectivity index (χ3n) is 4.03. The Morgan fingerprint density at radius 2 is 1.79 bits per heavy atom. The van der Waals surface area contributed by atoms with Crippen molar-refractivity contribution in [2.24, 2.45) is 5.16 Å². The Hall–Kier alpha value is -1.39. The minimum atomic E-state index is 0.210. The van der Waals surface area contributed by atoms with E-state index in [1.54, 1.807) is 6.08 Å². The molecule has 0 aliphatic carbocycles. The summed E-state index contributed by atoms with van der Waals surface area (Å²) in [7, 11) is 0. The third kappa shape index (κ3) is 9.70. The predicted molar refractivity (Wildman–Crippen MR) is 119 cm³/mol. The van der Waals surface area contributed by atoms with Gasteiger partial charge in [-0.1, -0.05) is 49.1 Å². The minimum absolute atomic E-state index is 0.210. The Morgan fingerprint density at radius 1 is 1.07 bits per heavy atom. The molecule has 1 rings (SSSR count). The second-order valence-electron chi connectivity index (χ2n) is 7.09. The molecule has 0 amide bonds. The quantitative estimate of drug-likeness (QED) is 0.192. The van der Waals surface area contributed by atoms with E-state index in [1.807, 2.05) is 26.0 Å². The van der Waals surface area contributed by atoms with Crippen LogP contribution in [0.1, 0.15) is 70.9 Å². The average molecular weight is 430 g/mol. The molecule has 0 saturated heterocycles. The van der Waals surface area contributed by atoms with Crippen LogP contribution in [0, 0.1) is 0 Å². The summed E-state index contributed by atoms with van der Waals surface area (Å²) < 4.78 is 12.2. The Kier molecular flexibility index (Phi) is 12.1. The molecule has 0 aromatic heterocycles. The van der Waals surface area contributed by atoms with Crippen LogP contribution in [0.5, 0.6) is 11.5 Å². The number of ether oxygens (including phenoxy) is 2. The second kappa shape index (κ2) is 13.7. The van der Waals surface area contributed by atoms with E-state index in [4.69, 9.17) is 37.5 Å². The van der Waals surface area contributed by atoms with Crippen molar-refractivity contribution in [3.8, 4) is 11.5 Å². The largest absolute Gasteiger partial charge is 0.493 e. The normalized spacial score (nSPS) is 10.6. The average Bonchev–Trinajstić information content (AvgIpc) is 2.63. The summed E-state index contributed by atoms with van der Waals surface area (Å²) in [4.78, 5) is 5.22. The van der Waals surface area contributed by atoms with Crippen LogP contribution in [0.25, 0.3) is 0 Å². The minimum Gasteiger partial charge on any atom is -0.493 e. The maximum absolute atomic E-state index is 6.18. The molecule has 0 aliphatic heterocycles. The van der Waals surface area contributed by atoms with Crippen molar-refractivity contribution in [3.63, 3.8) is 0 Å².